The average molecular weight is 274 g/mol. The van der Waals surface area contributed by atoms with Gasteiger partial charge >= 0.3 is 11.9 Å². The number of hydrogen-bond donors (Lipinski definition) is 1. The summed E-state index contributed by atoms with van der Waals surface area (Å²) in [5, 5.41) is 17.7. The van der Waals surface area contributed by atoms with Crippen LogP contribution in [0.5, 0.6) is 0 Å². The van der Waals surface area contributed by atoms with Gasteiger partial charge < -0.3 is 14.3 Å². The monoisotopic (exact) mass is 274 g/mol. The molecule has 0 saturated carbocycles. The van der Waals surface area contributed by atoms with Crippen molar-refractivity contribution >= 4 is 17.7 Å². The minimum absolute atomic E-state index is 0.157. The van der Waals surface area contributed by atoms with Gasteiger partial charge in [0.05, 0.1) is 12.2 Å². The van der Waals surface area contributed by atoms with Crippen LogP contribution in [-0.4, -0.2) is 39.2 Å². The highest BCUT2D eigenvalue weighted by Gasteiger charge is 2.24. The molecule has 0 aliphatic heterocycles. The van der Waals surface area contributed by atoms with Gasteiger partial charge in [0.15, 0.2) is 0 Å². The molecule has 0 saturated heterocycles. The molecule has 0 unspecified atom stereocenters. The quantitative estimate of drug-likeness (QED) is 0.600. The summed E-state index contributed by atoms with van der Waals surface area (Å²) < 4.78 is 9.87. The molecule has 1 aromatic rings. The van der Waals surface area contributed by atoms with E-state index in [0.717, 1.165) is 0 Å². The molecular formula is C11H18N2O4S. The van der Waals surface area contributed by atoms with Gasteiger partial charge in [-0.05, 0) is 19.8 Å². The van der Waals surface area contributed by atoms with Crippen LogP contribution >= 0.6 is 11.8 Å². The first-order valence-corrected chi connectivity index (χ1v) is 6.89. The number of carbonyl (C=O) groups is 1. The van der Waals surface area contributed by atoms with Crippen LogP contribution in [0.25, 0.3) is 0 Å². The fourth-order valence-electron chi connectivity index (χ4n) is 1.19. The van der Waals surface area contributed by atoms with Gasteiger partial charge in [-0.2, -0.15) is 0 Å². The molecule has 1 heterocycles. The van der Waals surface area contributed by atoms with Crippen LogP contribution in [0.3, 0.4) is 0 Å². The van der Waals surface area contributed by atoms with E-state index >= 15 is 0 Å². The van der Waals surface area contributed by atoms with Crippen molar-refractivity contribution < 1.29 is 19.1 Å². The first-order valence-electron chi connectivity index (χ1n) is 5.90. The number of rotatable bonds is 7. The molecule has 0 aliphatic rings. The van der Waals surface area contributed by atoms with Crippen molar-refractivity contribution in [3.63, 3.8) is 0 Å². The Morgan fingerprint density at radius 3 is 2.61 bits per heavy atom. The lowest BCUT2D eigenvalue weighted by Crippen LogP contribution is -2.29. The molecule has 0 aromatic carbocycles. The molecule has 18 heavy (non-hydrogen) atoms. The Kier molecular flexibility index (Phi) is 5.61. The second-order valence-corrected chi connectivity index (χ2v) is 4.74. The third-order valence-electron chi connectivity index (χ3n) is 2.64. The van der Waals surface area contributed by atoms with Gasteiger partial charge in [-0.1, -0.05) is 30.7 Å². The van der Waals surface area contributed by atoms with E-state index in [0.29, 0.717) is 18.6 Å². The van der Waals surface area contributed by atoms with E-state index in [-0.39, 0.29) is 17.7 Å². The lowest BCUT2D eigenvalue weighted by atomic mass is 10.0. The number of thioether (sulfide) groups is 1. The highest BCUT2D eigenvalue weighted by molar-refractivity contribution is 7.99. The van der Waals surface area contributed by atoms with E-state index in [4.69, 9.17) is 9.15 Å². The smallest absolute Gasteiger partial charge is 0.396 e. The summed E-state index contributed by atoms with van der Waals surface area (Å²) in [4.78, 5) is 11.3. The van der Waals surface area contributed by atoms with Gasteiger partial charge in [0.1, 0.15) is 0 Å². The zero-order valence-electron chi connectivity index (χ0n) is 10.8. The van der Waals surface area contributed by atoms with Crippen LogP contribution in [0.4, 0.5) is 0 Å². The van der Waals surface area contributed by atoms with Crippen LogP contribution in [0.2, 0.25) is 0 Å². The van der Waals surface area contributed by atoms with Crippen LogP contribution in [-0.2, 0) is 4.74 Å². The number of aromatic nitrogens is 2. The molecule has 1 N–H and O–H groups in total. The van der Waals surface area contributed by atoms with Crippen LogP contribution in [0.1, 0.15) is 44.3 Å². The predicted octanol–water partition coefficient (Wildman–Crippen LogP) is 1.89. The second kappa shape index (κ2) is 6.75. The summed E-state index contributed by atoms with van der Waals surface area (Å²) in [7, 11) is 0. The zero-order valence-corrected chi connectivity index (χ0v) is 11.6. The van der Waals surface area contributed by atoms with Crippen LogP contribution < -0.4 is 0 Å². The molecule has 1 aromatic heterocycles. The highest BCUT2D eigenvalue weighted by Crippen LogP contribution is 2.25. The van der Waals surface area contributed by atoms with Gasteiger partial charge in [-0.25, -0.2) is 4.79 Å². The summed E-state index contributed by atoms with van der Waals surface area (Å²) in [5.41, 5.74) is -0.747. The molecule has 0 amide bonds. The van der Waals surface area contributed by atoms with Crippen LogP contribution in [0, 0.1) is 0 Å². The summed E-state index contributed by atoms with van der Waals surface area (Å²) in [5.74, 6) is -0.334. The van der Waals surface area contributed by atoms with E-state index in [1.807, 2.05) is 13.8 Å². The summed E-state index contributed by atoms with van der Waals surface area (Å²) in [6.07, 6.45) is 1.30. The van der Waals surface area contributed by atoms with Crippen molar-refractivity contribution in [2.24, 2.45) is 0 Å². The van der Waals surface area contributed by atoms with Gasteiger partial charge in [0, 0.05) is 5.75 Å². The van der Waals surface area contributed by atoms with E-state index in [9.17, 15) is 9.90 Å². The van der Waals surface area contributed by atoms with Gasteiger partial charge in [0.25, 0.3) is 5.22 Å². The van der Waals surface area contributed by atoms with Crippen molar-refractivity contribution in [1.82, 2.24) is 10.2 Å². The van der Waals surface area contributed by atoms with Crippen molar-refractivity contribution in [3.8, 4) is 0 Å². The fourth-order valence-corrected chi connectivity index (χ4v) is 2.23. The summed E-state index contributed by atoms with van der Waals surface area (Å²) >= 11 is 1.23. The minimum atomic E-state index is -0.747. The van der Waals surface area contributed by atoms with Gasteiger partial charge in [0.2, 0.25) is 0 Å². The van der Waals surface area contributed by atoms with Crippen molar-refractivity contribution in [1.29, 1.82) is 0 Å². The topological polar surface area (TPSA) is 85.5 Å². The lowest BCUT2D eigenvalue weighted by Gasteiger charge is -2.23. The Labute approximate surface area is 110 Å². The Morgan fingerprint density at radius 2 is 2.06 bits per heavy atom. The van der Waals surface area contributed by atoms with E-state index < -0.39 is 11.6 Å². The number of nitrogens with zero attached hydrogens (tertiary/aromatic N) is 2. The Morgan fingerprint density at radius 1 is 1.39 bits per heavy atom. The minimum Gasteiger partial charge on any atom is -0.459 e. The largest absolute Gasteiger partial charge is 0.459 e. The molecule has 0 radical (unpaired) electrons. The molecule has 7 heteroatoms. The first-order chi connectivity index (χ1) is 8.54. The Bertz CT molecular complexity index is 390. The predicted molar refractivity (Wildman–Crippen MR) is 66.5 cm³/mol. The Balaban J connectivity index is 2.57. The van der Waals surface area contributed by atoms with E-state index in [1.54, 1.807) is 6.92 Å². The second-order valence-electron chi connectivity index (χ2n) is 3.81. The number of hydrogen-bond acceptors (Lipinski definition) is 7. The fraction of sp³-hybridized carbons (Fsp3) is 0.727. The molecule has 0 bridgehead atoms. The number of aliphatic hydroxyl groups is 1. The molecule has 0 atom stereocenters. The van der Waals surface area contributed by atoms with Crippen molar-refractivity contribution in [2.75, 3.05) is 12.4 Å². The maximum atomic E-state index is 11.3. The standard InChI is InChI=1S/C11H18N2O4S/c1-4-11(15,5-2)7-18-10-13-12-8(17-10)9(14)16-6-3/h15H,4-7H2,1-3H3. The maximum absolute atomic E-state index is 11.3. The summed E-state index contributed by atoms with van der Waals surface area (Å²) in [6.45, 7) is 5.80. The molecule has 6 nitrogen and oxygen atoms in total. The van der Waals surface area contributed by atoms with Crippen LogP contribution in [0.15, 0.2) is 9.64 Å². The Hall–Kier alpha value is -1.08. The molecule has 102 valence electrons. The highest BCUT2D eigenvalue weighted by atomic mass is 32.2. The third kappa shape index (κ3) is 3.99. The SMILES string of the molecule is CCOC(=O)c1nnc(SCC(O)(CC)CC)o1. The molecule has 0 spiro atoms. The molecule has 1 rings (SSSR count). The maximum Gasteiger partial charge on any atom is 0.396 e. The number of esters is 1. The average Bonchev–Trinajstić information content (AvgIpc) is 2.85. The molecule has 0 aliphatic carbocycles. The normalized spacial score (nSPS) is 11.6. The first kappa shape index (κ1) is 15.0. The molecular weight excluding hydrogens is 256 g/mol. The van der Waals surface area contributed by atoms with Crippen molar-refractivity contribution in [2.45, 2.75) is 44.4 Å². The van der Waals surface area contributed by atoms with Crippen molar-refractivity contribution in [3.05, 3.63) is 5.89 Å². The summed E-state index contributed by atoms with van der Waals surface area (Å²) in [6, 6.07) is 0. The molecule has 0 fully saturated rings. The number of carbonyl (C=O) groups excluding carboxylic acids is 1. The van der Waals surface area contributed by atoms with Gasteiger partial charge in [-0.3, -0.25) is 0 Å². The number of ether oxygens (including phenoxy) is 1. The third-order valence-corrected chi connectivity index (χ3v) is 3.73. The lowest BCUT2D eigenvalue weighted by molar-refractivity contribution is 0.0475. The van der Waals surface area contributed by atoms with E-state index in [2.05, 4.69) is 10.2 Å². The van der Waals surface area contributed by atoms with E-state index in [1.165, 1.54) is 11.8 Å². The zero-order chi connectivity index (χ0) is 13.6. The van der Waals surface area contributed by atoms with Gasteiger partial charge in [-0.15, -0.1) is 5.10 Å².